The first-order chi connectivity index (χ1) is 19.2. The fraction of sp³-hybridized carbons (Fsp3) is 0.114. The number of carbonyl (C=O) groups excluding carboxylic acids is 1. The number of benzene rings is 5. The average molecular weight is 514 g/mol. The van der Waals surface area contributed by atoms with Crippen LogP contribution in [-0.2, 0) is 31.0 Å². The van der Waals surface area contributed by atoms with Crippen molar-refractivity contribution in [1.29, 1.82) is 0 Å². The molecule has 0 heterocycles. The zero-order valence-corrected chi connectivity index (χ0v) is 21.8. The highest BCUT2D eigenvalue weighted by atomic mass is 16.5. The van der Waals surface area contributed by atoms with Gasteiger partial charge in [-0.3, -0.25) is 4.79 Å². The third-order valence-corrected chi connectivity index (χ3v) is 6.35. The topological polar surface area (TPSA) is 47.6 Å². The summed E-state index contributed by atoms with van der Waals surface area (Å²) in [5.74, 6) is 1.36. The highest BCUT2D eigenvalue weighted by Gasteiger charge is 2.08. The van der Waals surface area contributed by atoms with Crippen molar-refractivity contribution in [3.05, 3.63) is 156 Å². The summed E-state index contributed by atoms with van der Waals surface area (Å²) in [7, 11) is 0. The number of ether oxygens (including phenoxy) is 2. The van der Waals surface area contributed by atoms with Gasteiger partial charge in [0.25, 0.3) is 0 Å². The molecule has 0 saturated carbocycles. The van der Waals surface area contributed by atoms with Crippen molar-refractivity contribution in [2.24, 2.45) is 0 Å². The van der Waals surface area contributed by atoms with Gasteiger partial charge in [-0.05, 0) is 45.5 Å². The van der Waals surface area contributed by atoms with E-state index in [9.17, 15) is 4.79 Å². The lowest BCUT2D eigenvalue weighted by Gasteiger charge is -2.13. The van der Waals surface area contributed by atoms with Gasteiger partial charge in [0.1, 0.15) is 24.7 Å². The van der Waals surface area contributed by atoms with Crippen LogP contribution in [0.4, 0.5) is 0 Å². The second-order valence-electron chi connectivity index (χ2n) is 9.38. The van der Waals surface area contributed by atoms with Crippen molar-refractivity contribution in [1.82, 2.24) is 5.32 Å². The molecule has 0 saturated heterocycles. The van der Waals surface area contributed by atoms with Crippen LogP contribution in [0.3, 0.4) is 0 Å². The minimum atomic E-state index is -0.0372. The first-order valence-corrected chi connectivity index (χ1v) is 13.1. The average Bonchev–Trinajstić information content (AvgIpc) is 3.00. The lowest BCUT2D eigenvalue weighted by molar-refractivity contribution is -0.120. The molecule has 194 valence electrons. The molecule has 0 unspecified atom stereocenters. The monoisotopic (exact) mass is 513 g/mol. The molecule has 1 amide bonds. The second-order valence-corrected chi connectivity index (χ2v) is 9.38. The van der Waals surface area contributed by atoms with Crippen molar-refractivity contribution in [3.63, 3.8) is 0 Å². The molecule has 5 aromatic carbocycles. The quantitative estimate of drug-likeness (QED) is 0.201. The van der Waals surface area contributed by atoms with Crippen LogP contribution in [-0.4, -0.2) is 5.91 Å². The first kappa shape index (κ1) is 25.8. The van der Waals surface area contributed by atoms with Crippen LogP contribution in [0.5, 0.6) is 11.5 Å². The number of rotatable bonds is 11. The first-order valence-electron chi connectivity index (χ1n) is 13.1. The van der Waals surface area contributed by atoms with Gasteiger partial charge >= 0.3 is 0 Å². The fourth-order valence-electron chi connectivity index (χ4n) is 4.28. The molecule has 5 aromatic rings. The molecule has 5 rings (SSSR count). The van der Waals surface area contributed by atoms with E-state index in [1.807, 2.05) is 109 Å². The molecule has 0 bridgehead atoms. The molecule has 0 aliphatic carbocycles. The van der Waals surface area contributed by atoms with Crippen molar-refractivity contribution in [2.75, 3.05) is 0 Å². The Bertz CT molecular complexity index is 1410. The van der Waals surface area contributed by atoms with Crippen molar-refractivity contribution >= 4 is 5.91 Å². The van der Waals surface area contributed by atoms with E-state index in [1.54, 1.807) is 0 Å². The zero-order valence-electron chi connectivity index (χ0n) is 21.8. The predicted molar refractivity (Wildman–Crippen MR) is 155 cm³/mol. The van der Waals surface area contributed by atoms with E-state index in [2.05, 4.69) is 29.6 Å². The van der Waals surface area contributed by atoms with E-state index >= 15 is 0 Å². The van der Waals surface area contributed by atoms with Crippen LogP contribution in [0.25, 0.3) is 11.1 Å². The maximum atomic E-state index is 12.8. The summed E-state index contributed by atoms with van der Waals surface area (Å²) in [6.07, 6.45) is 0.316. The summed E-state index contributed by atoms with van der Waals surface area (Å²) in [4.78, 5) is 12.8. The van der Waals surface area contributed by atoms with Gasteiger partial charge in [-0.25, -0.2) is 0 Å². The van der Waals surface area contributed by atoms with E-state index in [0.717, 1.165) is 33.4 Å². The number of amides is 1. The normalized spacial score (nSPS) is 10.6. The largest absolute Gasteiger partial charge is 0.489 e. The number of hydrogen-bond donors (Lipinski definition) is 1. The van der Waals surface area contributed by atoms with E-state index in [-0.39, 0.29) is 5.91 Å². The van der Waals surface area contributed by atoms with Crippen LogP contribution in [0, 0.1) is 0 Å². The van der Waals surface area contributed by atoms with Crippen LogP contribution < -0.4 is 14.8 Å². The van der Waals surface area contributed by atoms with Crippen LogP contribution in [0.15, 0.2) is 133 Å². The Balaban J connectivity index is 1.22. The third-order valence-electron chi connectivity index (χ3n) is 6.35. The van der Waals surface area contributed by atoms with Gasteiger partial charge in [0.15, 0.2) is 0 Å². The van der Waals surface area contributed by atoms with E-state index in [1.165, 1.54) is 0 Å². The highest BCUT2D eigenvalue weighted by molar-refractivity contribution is 5.79. The molecule has 0 aliphatic heterocycles. The van der Waals surface area contributed by atoms with Gasteiger partial charge in [0.2, 0.25) is 5.91 Å². The maximum Gasteiger partial charge on any atom is 0.224 e. The summed E-state index contributed by atoms with van der Waals surface area (Å²) < 4.78 is 12.2. The van der Waals surface area contributed by atoms with Crippen molar-refractivity contribution in [3.8, 4) is 22.6 Å². The Kier molecular flexibility index (Phi) is 8.67. The summed E-state index contributed by atoms with van der Waals surface area (Å²) in [5, 5.41) is 3.05. The number of carbonyl (C=O) groups is 1. The molecule has 0 aromatic heterocycles. The number of hydrogen-bond acceptors (Lipinski definition) is 3. The van der Waals surface area contributed by atoms with Gasteiger partial charge in [-0.1, -0.05) is 115 Å². The Labute approximate surface area is 229 Å². The Morgan fingerprint density at radius 3 is 1.54 bits per heavy atom. The Morgan fingerprint density at radius 1 is 0.513 bits per heavy atom. The molecule has 0 fully saturated rings. The van der Waals surface area contributed by atoms with Gasteiger partial charge < -0.3 is 14.8 Å². The molecule has 0 aliphatic rings. The molecule has 0 spiro atoms. The second kappa shape index (κ2) is 13.1. The maximum absolute atomic E-state index is 12.8. The van der Waals surface area contributed by atoms with Gasteiger partial charge in [-0.15, -0.1) is 0 Å². The fourth-order valence-corrected chi connectivity index (χ4v) is 4.28. The molecule has 4 heteroatoms. The van der Waals surface area contributed by atoms with E-state index in [4.69, 9.17) is 9.47 Å². The minimum Gasteiger partial charge on any atom is -0.489 e. The highest BCUT2D eigenvalue weighted by Crippen LogP contribution is 2.25. The van der Waals surface area contributed by atoms with Crippen LogP contribution in [0.1, 0.15) is 22.3 Å². The molecule has 39 heavy (non-hydrogen) atoms. The molecule has 4 nitrogen and oxygen atoms in total. The lowest BCUT2D eigenvalue weighted by atomic mass is 10.0. The summed E-state index contributed by atoms with van der Waals surface area (Å²) in [6, 6.07) is 44.2. The smallest absolute Gasteiger partial charge is 0.224 e. The van der Waals surface area contributed by atoms with Crippen LogP contribution in [0.2, 0.25) is 0 Å². The molecule has 0 radical (unpaired) electrons. The molecule has 1 N–H and O–H groups in total. The van der Waals surface area contributed by atoms with Crippen molar-refractivity contribution in [2.45, 2.75) is 26.2 Å². The lowest BCUT2D eigenvalue weighted by Crippen LogP contribution is -2.24. The van der Waals surface area contributed by atoms with E-state index < -0.39 is 0 Å². The Hall–Kier alpha value is -4.83. The standard InChI is InChI=1S/C35H31NO3/c37-35(22-27-16-18-32(19-17-27)31-14-8-3-9-15-31)36-24-30-20-33(38-25-28-10-4-1-5-11-28)23-34(21-30)39-26-29-12-6-2-7-13-29/h1-21,23H,22,24-26H2,(H,36,37). The molecular formula is C35H31NO3. The number of nitrogens with one attached hydrogen (secondary N) is 1. The summed E-state index contributed by atoms with van der Waals surface area (Å²) >= 11 is 0. The molecular weight excluding hydrogens is 482 g/mol. The Morgan fingerprint density at radius 2 is 1.00 bits per heavy atom. The van der Waals surface area contributed by atoms with Crippen molar-refractivity contribution < 1.29 is 14.3 Å². The molecule has 0 atom stereocenters. The minimum absolute atomic E-state index is 0.0372. The summed E-state index contributed by atoms with van der Waals surface area (Å²) in [6.45, 7) is 1.28. The summed E-state index contributed by atoms with van der Waals surface area (Å²) in [5.41, 5.74) is 6.35. The predicted octanol–water partition coefficient (Wildman–Crippen LogP) is 7.37. The SMILES string of the molecule is O=C(Cc1ccc(-c2ccccc2)cc1)NCc1cc(OCc2ccccc2)cc(OCc2ccccc2)c1. The van der Waals surface area contributed by atoms with Gasteiger partial charge in [-0.2, -0.15) is 0 Å². The van der Waals surface area contributed by atoms with Gasteiger partial charge in [0, 0.05) is 12.6 Å². The third kappa shape index (κ3) is 7.83. The van der Waals surface area contributed by atoms with E-state index in [0.29, 0.717) is 37.7 Å². The van der Waals surface area contributed by atoms with Crippen LogP contribution >= 0.6 is 0 Å². The zero-order chi connectivity index (χ0) is 26.7. The van der Waals surface area contributed by atoms with Gasteiger partial charge in [0.05, 0.1) is 6.42 Å².